The van der Waals surface area contributed by atoms with Crippen molar-refractivity contribution in [2.24, 2.45) is 0 Å². The molecule has 0 aromatic heterocycles. The first-order valence-corrected chi connectivity index (χ1v) is 11.4. The highest BCUT2D eigenvalue weighted by Gasteiger charge is 2.31. The molecule has 1 aliphatic rings. The highest BCUT2D eigenvalue weighted by molar-refractivity contribution is 8.15. The summed E-state index contributed by atoms with van der Waals surface area (Å²) < 4.78 is 0. The first-order valence-electron chi connectivity index (χ1n) is 10.5. The SMILES string of the molecule is CC.CC.CC.O=C1NC(=O)C(Cc2cccc(C(=O)NCc3ccccc3)c2)S1. The van der Waals surface area contributed by atoms with Crippen LogP contribution < -0.4 is 10.6 Å². The summed E-state index contributed by atoms with van der Waals surface area (Å²) in [4.78, 5) is 35.1. The molecule has 164 valence electrons. The van der Waals surface area contributed by atoms with E-state index in [1.54, 1.807) is 18.2 Å². The van der Waals surface area contributed by atoms with Crippen LogP contribution >= 0.6 is 11.8 Å². The van der Waals surface area contributed by atoms with Crippen LogP contribution in [0.5, 0.6) is 0 Å². The zero-order valence-corrected chi connectivity index (χ0v) is 19.6. The lowest BCUT2D eigenvalue weighted by atomic mass is 10.1. The van der Waals surface area contributed by atoms with Crippen LogP contribution in [0.4, 0.5) is 4.79 Å². The van der Waals surface area contributed by atoms with Crippen molar-refractivity contribution in [1.29, 1.82) is 0 Å². The summed E-state index contributed by atoms with van der Waals surface area (Å²) in [5.41, 5.74) is 2.42. The van der Waals surface area contributed by atoms with Crippen molar-refractivity contribution < 1.29 is 14.4 Å². The van der Waals surface area contributed by atoms with Crippen LogP contribution in [0.25, 0.3) is 0 Å². The molecule has 1 heterocycles. The molecule has 1 atom stereocenters. The number of carbonyl (C=O) groups excluding carboxylic acids is 3. The van der Waals surface area contributed by atoms with Gasteiger partial charge in [-0.2, -0.15) is 0 Å². The van der Waals surface area contributed by atoms with E-state index in [0.717, 1.165) is 22.9 Å². The molecule has 1 fully saturated rings. The van der Waals surface area contributed by atoms with Crippen molar-refractivity contribution in [3.05, 3.63) is 71.3 Å². The fraction of sp³-hybridized carbons (Fsp3) is 0.375. The van der Waals surface area contributed by atoms with E-state index < -0.39 is 5.25 Å². The summed E-state index contributed by atoms with van der Waals surface area (Å²) in [6, 6.07) is 16.8. The van der Waals surface area contributed by atoms with Gasteiger partial charge in [0.2, 0.25) is 5.91 Å². The average Bonchev–Trinajstić information content (AvgIpc) is 3.13. The fourth-order valence-corrected chi connectivity index (χ4v) is 3.32. The van der Waals surface area contributed by atoms with Crippen LogP contribution in [-0.2, 0) is 17.8 Å². The van der Waals surface area contributed by atoms with E-state index in [-0.39, 0.29) is 17.1 Å². The van der Waals surface area contributed by atoms with Crippen LogP contribution in [0.3, 0.4) is 0 Å². The van der Waals surface area contributed by atoms with Crippen LogP contribution in [0.2, 0.25) is 0 Å². The van der Waals surface area contributed by atoms with Crippen molar-refractivity contribution in [3.8, 4) is 0 Å². The van der Waals surface area contributed by atoms with E-state index in [1.165, 1.54) is 0 Å². The summed E-state index contributed by atoms with van der Waals surface area (Å²) >= 11 is 0.990. The maximum Gasteiger partial charge on any atom is 0.286 e. The Bertz CT molecular complexity index is 779. The quantitative estimate of drug-likeness (QED) is 0.648. The van der Waals surface area contributed by atoms with Crippen molar-refractivity contribution in [1.82, 2.24) is 10.6 Å². The third-order valence-corrected chi connectivity index (χ3v) is 4.65. The zero-order chi connectivity index (χ0) is 22.9. The summed E-state index contributed by atoms with van der Waals surface area (Å²) in [7, 11) is 0. The van der Waals surface area contributed by atoms with Crippen LogP contribution in [0.15, 0.2) is 54.6 Å². The number of imide groups is 1. The second-order valence-electron chi connectivity index (χ2n) is 5.46. The summed E-state index contributed by atoms with van der Waals surface area (Å²) in [5, 5.41) is 4.39. The molecule has 1 unspecified atom stereocenters. The second kappa shape index (κ2) is 16.2. The average molecular weight is 431 g/mol. The molecule has 5 nitrogen and oxygen atoms in total. The Hall–Kier alpha value is -2.60. The van der Waals surface area contributed by atoms with Crippen molar-refractivity contribution >= 4 is 28.8 Å². The number of nitrogens with one attached hydrogen (secondary N) is 2. The first kappa shape index (κ1) is 27.4. The van der Waals surface area contributed by atoms with E-state index >= 15 is 0 Å². The molecule has 0 bridgehead atoms. The third-order valence-electron chi connectivity index (χ3n) is 3.67. The standard InChI is InChI=1S/C18H16N2O3S.3C2H6/c21-16(19-11-12-5-2-1-3-6-12)14-8-4-7-13(9-14)10-15-17(22)20-18(23)24-15;3*1-2/h1-9,15H,10-11H2,(H,19,21)(H,20,22,23);3*1-2H3. The molecule has 1 aliphatic heterocycles. The normalized spacial score (nSPS) is 14.0. The Morgan fingerprint density at radius 2 is 1.50 bits per heavy atom. The number of thioether (sulfide) groups is 1. The lowest BCUT2D eigenvalue weighted by Crippen LogP contribution is -2.25. The van der Waals surface area contributed by atoms with Crippen molar-refractivity contribution in [3.63, 3.8) is 0 Å². The highest BCUT2D eigenvalue weighted by atomic mass is 32.2. The Labute approximate surface area is 185 Å². The number of hydrogen-bond acceptors (Lipinski definition) is 4. The summed E-state index contributed by atoms with van der Waals surface area (Å²) in [6.07, 6.45) is 0.419. The summed E-state index contributed by atoms with van der Waals surface area (Å²) in [5.74, 6) is -0.441. The van der Waals surface area contributed by atoms with Crippen molar-refractivity contribution in [2.75, 3.05) is 0 Å². The lowest BCUT2D eigenvalue weighted by Gasteiger charge is -2.09. The molecule has 3 rings (SSSR count). The van der Waals surface area contributed by atoms with Gasteiger partial charge in [-0.1, -0.05) is 95.8 Å². The Balaban J connectivity index is 0.00000129. The molecule has 30 heavy (non-hydrogen) atoms. The number of rotatable bonds is 5. The smallest absolute Gasteiger partial charge is 0.286 e. The van der Waals surface area contributed by atoms with Crippen molar-refractivity contribution in [2.45, 2.75) is 59.8 Å². The molecular formula is C24H34N2O3S. The Kier molecular flexibility index (Phi) is 14.8. The van der Waals surface area contributed by atoms with Crippen LogP contribution in [-0.4, -0.2) is 22.3 Å². The summed E-state index contributed by atoms with van der Waals surface area (Å²) in [6.45, 7) is 12.5. The topological polar surface area (TPSA) is 75.3 Å². The predicted molar refractivity (Wildman–Crippen MR) is 127 cm³/mol. The third kappa shape index (κ3) is 9.27. The van der Waals surface area contributed by atoms with Gasteiger partial charge in [0.25, 0.3) is 11.1 Å². The van der Waals surface area contributed by atoms with Gasteiger partial charge in [-0.15, -0.1) is 0 Å². The molecular weight excluding hydrogens is 396 g/mol. The predicted octanol–water partition coefficient (Wildman–Crippen LogP) is 5.59. The molecule has 3 amide bonds. The number of amides is 3. The Morgan fingerprint density at radius 3 is 2.07 bits per heavy atom. The minimum absolute atomic E-state index is 0.166. The zero-order valence-electron chi connectivity index (χ0n) is 18.8. The molecule has 0 spiro atoms. The molecule has 2 aromatic carbocycles. The fourth-order valence-electron chi connectivity index (χ4n) is 2.46. The van der Waals surface area contributed by atoms with Gasteiger partial charge < -0.3 is 5.32 Å². The maximum absolute atomic E-state index is 12.3. The molecule has 2 aromatic rings. The molecule has 6 heteroatoms. The van der Waals surface area contributed by atoms with Gasteiger partial charge in [0.05, 0.1) is 5.25 Å². The van der Waals surface area contributed by atoms with Gasteiger partial charge in [-0.25, -0.2) is 0 Å². The first-order chi connectivity index (χ1) is 14.6. The van der Waals surface area contributed by atoms with Gasteiger partial charge in [-0.3, -0.25) is 19.7 Å². The molecule has 2 N–H and O–H groups in total. The highest BCUT2D eigenvalue weighted by Crippen LogP contribution is 2.23. The van der Waals surface area contributed by atoms with Gasteiger partial charge in [0.15, 0.2) is 0 Å². The Morgan fingerprint density at radius 1 is 0.900 bits per heavy atom. The van der Waals surface area contributed by atoms with Gasteiger partial charge in [0, 0.05) is 12.1 Å². The van der Waals surface area contributed by atoms with Crippen LogP contribution in [0.1, 0.15) is 63.0 Å². The van der Waals surface area contributed by atoms with Crippen LogP contribution in [0, 0.1) is 0 Å². The number of benzene rings is 2. The molecule has 0 aliphatic carbocycles. The lowest BCUT2D eigenvalue weighted by molar-refractivity contribution is -0.118. The monoisotopic (exact) mass is 430 g/mol. The largest absolute Gasteiger partial charge is 0.348 e. The molecule has 1 saturated heterocycles. The number of carbonyl (C=O) groups is 3. The molecule has 0 saturated carbocycles. The van der Waals surface area contributed by atoms with E-state index in [9.17, 15) is 14.4 Å². The van der Waals surface area contributed by atoms with Gasteiger partial charge in [-0.05, 0) is 29.7 Å². The minimum Gasteiger partial charge on any atom is -0.348 e. The van der Waals surface area contributed by atoms with E-state index in [0.29, 0.717) is 18.5 Å². The van der Waals surface area contributed by atoms with Gasteiger partial charge in [0.1, 0.15) is 0 Å². The second-order valence-corrected chi connectivity index (χ2v) is 6.63. The molecule has 0 radical (unpaired) electrons. The van der Waals surface area contributed by atoms with Gasteiger partial charge >= 0.3 is 0 Å². The minimum atomic E-state index is -0.430. The maximum atomic E-state index is 12.3. The van der Waals surface area contributed by atoms with E-state index in [1.807, 2.05) is 77.9 Å². The van der Waals surface area contributed by atoms with E-state index in [4.69, 9.17) is 0 Å². The van der Waals surface area contributed by atoms with E-state index in [2.05, 4.69) is 10.6 Å². The number of hydrogen-bond donors (Lipinski definition) is 2.